The average Bonchev–Trinajstić information content (AvgIpc) is 2.39. The smallest absolute Gasteiger partial charge is 0.271 e. The molecule has 0 saturated heterocycles. The van der Waals surface area contributed by atoms with Gasteiger partial charge in [-0.1, -0.05) is 0 Å². The Hall–Kier alpha value is -2.29. The van der Waals surface area contributed by atoms with E-state index in [2.05, 4.69) is 20.8 Å². The Kier molecular flexibility index (Phi) is 3.79. The molecule has 0 unspecified atom stereocenters. The summed E-state index contributed by atoms with van der Waals surface area (Å²) < 4.78 is 22.5. The quantitative estimate of drug-likeness (QED) is 0.793. The van der Waals surface area contributed by atoms with Gasteiger partial charge in [0.05, 0.1) is 11.9 Å². The van der Waals surface area contributed by atoms with Crippen LogP contribution in [0.5, 0.6) is 0 Å². The summed E-state index contributed by atoms with van der Waals surface area (Å²) in [7, 11) is -3.37. The van der Waals surface area contributed by atoms with E-state index in [1.54, 1.807) is 0 Å². The van der Waals surface area contributed by atoms with Crippen LogP contribution in [0.2, 0.25) is 0 Å². The van der Waals surface area contributed by atoms with E-state index in [0.717, 1.165) is 6.26 Å². The molecule has 8 nitrogen and oxygen atoms in total. The minimum absolute atomic E-state index is 0.0715. The fourth-order valence-corrected chi connectivity index (χ4v) is 2.07. The molecule has 0 aliphatic carbocycles. The summed E-state index contributed by atoms with van der Waals surface area (Å²) in [6.07, 6.45) is 2.76. The van der Waals surface area contributed by atoms with Crippen LogP contribution in [0.3, 0.4) is 0 Å². The number of anilines is 1. The maximum Gasteiger partial charge on any atom is 0.271 e. The summed E-state index contributed by atoms with van der Waals surface area (Å²) in [5, 5.41) is 6.11. The van der Waals surface area contributed by atoms with Crippen molar-refractivity contribution in [3.8, 4) is 0 Å². The fraction of sp³-hybridized carbons (Fsp3) is 0.273. The zero-order chi connectivity index (χ0) is 14.8. The molecular formula is C11H12N4O4S. The lowest BCUT2D eigenvalue weighted by Crippen LogP contribution is -2.32. The highest BCUT2D eigenvalue weighted by Gasteiger charge is 2.18. The van der Waals surface area contributed by atoms with Crippen LogP contribution in [-0.4, -0.2) is 37.2 Å². The Balaban J connectivity index is 2.07. The van der Waals surface area contributed by atoms with Gasteiger partial charge in [-0.3, -0.25) is 9.59 Å². The second kappa shape index (κ2) is 5.37. The molecule has 1 aromatic rings. The number of hydrazone groups is 1. The third kappa shape index (κ3) is 3.38. The first-order chi connectivity index (χ1) is 9.36. The van der Waals surface area contributed by atoms with Gasteiger partial charge in [-0.25, -0.2) is 18.8 Å². The monoisotopic (exact) mass is 296 g/mol. The van der Waals surface area contributed by atoms with Crippen molar-refractivity contribution in [2.75, 3.05) is 11.6 Å². The first-order valence-electron chi connectivity index (χ1n) is 5.69. The predicted octanol–water partition coefficient (Wildman–Crippen LogP) is -0.310. The predicted molar refractivity (Wildman–Crippen MR) is 70.8 cm³/mol. The van der Waals surface area contributed by atoms with Crippen LogP contribution in [0.15, 0.2) is 28.5 Å². The zero-order valence-electron chi connectivity index (χ0n) is 10.6. The number of carbonyl (C=O) groups is 2. The van der Waals surface area contributed by atoms with Gasteiger partial charge in [0.15, 0.2) is 14.9 Å². The third-order valence-electron chi connectivity index (χ3n) is 2.54. The number of aromatic nitrogens is 1. The van der Waals surface area contributed by atoms with E-state index < -0.39 is 15.7 Å². The van der Waals surface area contributed by atoms with Crippen molar-refractivity contribution in [2.24, 2.45) is 5.10 Å². The van der Waals surface area contributed by atoms with Gasteiger partial charge in [-0.15, -0.1) is 0 Å². The number of hydrogen-bond donors (Lipinski definition) is 2. The molecule has 0 fully saturated rings. The van der Waals surface area contributed by atoms with Gasteiger partial charge in [0, 0.05) is 19.1 Å². The molecule has 0 saturated carbocycles. The van der Waals surface area contributed by atoms with Gasteiger partial charge >= 0.3 is 0 Å². The van der Waals surface area contributed by atoms with E-state index in [0.29, 0.717) is 5.69 Å². The van der Waals surface area contributed by atoms with Gasteiger partial charge in [0.1, 0.15) is 5.71 Å². The zero-order valence-corrected chi connectivity index (χ0v) is 11.4. The number of amides is 2. The van der Waals surface area contributed by atoms with Crippen molar-refractivity contribution in [3.05, 3.63) is 18.3 Å². The summed E-state index contributed by atoms with van der Waals surface area (Å²) in [6, 6.07) is 2.73. The van der Waals surface area contributed by atoms with Crippen LogP contribution in [0, 0.1) is 0 Å². The molecule has 2 rings (SSSR count). The molecule has 9 heteroatoms. The summed E-state index contributed by atoms with van der Waals surface area (Å²) >= 11 is 0. The van der Waals surface area contributed by atoms with E-state index in [-0.39, 0.29) is 29.5 Å². The van der Waals surface area contributed by atoms with E-state index in [4.69, 9.17) is 0 Å². The summed E-state index contributed by atoms with van der Waals surface area (Å²) in [6.45, 7) is 0. The van der Waals surface area contributed by atoms with Crippen molar-refractivity contribution >= 4 is 33.1 Å². The standard InChI is InChI=1S/C11H12N4O4S/c1-20(18,19)10-5-2-7(6-12-10)13-11(17)8-3-4-9(16)15-14-8/h2,5-6H,3-4H2,1H3,(H,13,17)(H,15,16). The Morgan fingerprint density at radius 3 is 2.60 bits per heavy atom. The molecule has 1 aromatic heterocycles. The van der Waals surface area contributed by atoms with Crippen molar-refractivity contribution < 1.29 is 18.0 Å². The fourth-order valence-electron chi connectivity index (χ4n) is 1.51. The lowest BCUT2D eigenvalue weighted by atomic mass is 10.1. The highest BCUT2D eigenvalue weighted by Crippen LogP contribution is 2.11. The molecule has 106 valence electrons. The van der Waals surface area contributed by atoms with Crippen LogP contribution in [-0.2, 0) is 19.4 Å². The molecular weight excluding hydrogens is 284 g/mol. The number of hydrogen-bond acceptors (Lipinski definition) is 6. The molecule has 0 atom stereocenters. The van der Waals surface area contributed by atoms with Crippen LogP contribution >= 0.6 is 0 Å². The normalized spacial score (nSPS) is 15.2. The van der Waals surface area contributed by atoms with Crippen LogP contribution in [0.4, 0.5) is 5.69 Å². The van der Waals surface area contributed by atoms with Gasteiger partial charge in [-0.2, -0.15) is 5.10 Å². The number of nitrogens with one attached hydrogen (secondary N) is 2. The molecule has 0 aromatic carbocycles. The molecule has 1 aliphatic rings. The van der Waals surface area contributed by atoms with Crippen molar-refractivity contribution in [1.82, 2.24) is 10.4 Å². The summed E-state index contributed by atoms with van der Waals surface area (Å²) in [5.41, 5.74) is 2.78. The summed E-state index contributed by atoms with van der Waals surface area (Å²) in [4.78, 5) is 26.5. The lowest BCUT2D eigenvalue weighted by Gasteiger charge is -2.11. The molecule has 0 radical (unpaired) electrons. The van der Waals surface area contributed by atoms with E-state index in [1.807, 2.05) is 0 Å². The first kappa shape index (κ1) is 14.1. The highest BCUT2D eigenvalue weighted by atomic mass is 32.2. The molecule has 0 spiro atoms. The molecule has 2 amide bonds. The average molecular weight is 296 g/mol. The molecule has 20 heavy (non-hydrogen) atoms. The minimum atomic E-state index is -3.37. The molecule has 2 N–H and O–H groups in total. The van der Waals surface area contributed by atoms with Crippen molar-refractivity contribution in [2.45, 2.75) is 17.9 Å². The van der Waals surface area contributed by atoms with Gasteiger partial charge in [-0.05, 0) is 12.1 Å². The number of pyridine rings is 1. The number of nitrogens with zero attached hydrogens (tertiary/aromatic N) is 2. The molecule has 0 bridgehead atoms. The molecule has 1 aliphatic heterocycles. The second-order valence-corrected chi connectivity index (χ2v) is 6.17. The van der Waals surface area contributed by atoms with Crippen LogP contribution < -0.4 is 10.7 Å². The SMILES string of the molecule is CS(=O)(=O)c1ccc(NC(=O)C2=NNC(=O)CC2)cn1. The van der Waals surface area contributed by atoms with Crippen LogP contribution in [0.25, 0.3) is 0 Å². The van der Waals surface area contributed by atoms with E-state index in [1.165, 1.54) is 18.3 Å². The maximum absolute atomic E-state index is 11.8. The maximum atomic E-state index is 11.8. The Morgan fingerprint density at radius 1 is 1.35 bits per heavy atom. The van der Waals surface area contributed by atoms with Gasteiger partial charge in [0.25, 0.3) is 5.91 Å². The number of carbonyl (C=O) groups excluding carboxylic acids is 2. The van der Waals surface area contributed by atoms with E-state index in [9.17, 15) is 18.0 Å². The van der Waals surface area contributed by atoms with Crippen molar-refractivity contribution in [3.63, 3.8) is 0 Å². The lowest BCUT2D eigenvalue weighted by molar-refractivity contribution is -0.121. The van der Waals surface area contributed by atoms with Gasteiger partial charge < -0.3 is 5.32 Å². The number of rotatable bonds is 3. The largest absolute Gasteiger partial charge is 0.319 e. The first-order valence-corrected chi connectivity index (χ1v) is 7.58. The second-order valence-electron chi connectivity index (χ2n) is 4.20. The van der Waals surface area contributed by atoms with Crippen molar-refractivity contribution in [1.29, 1.82) is 0 Å². The summed E-state index contributed by atoms with van der Waals surface area (Å²) in [5.74, 6) is -0.695. The third-order valence-corrected chi connectivity index (χ3v) is 3.54. The Labute approximate surface area is 115 Å². The minimum Gasteiger partial charge on any atom is -0.319 e. The van der Waals surface area contributed by atoms with E-state index >= 15 is 0 Å². The van der Waals surface area contributed by atoms with Gasteiger partial charge in [0.2, 0.25) is 5.91 Å². The van der Waals surface area contributed by atoms with Crippen LogP contribution in [0.1, 0.15) is 12.8 Å². The Morgan fingerprint density at radius 2 is 2.10 bits per heavy atom. The number of sulfone groups is 1. The Bertz CT molecular complexity index is 679. The highest BCUT2D eigenvalue weighted by molar-refractivity contribution is 7.90. The molecule has 2 heterocycles. The topological polar surface area (TPSA) is 118 Å².